The van der Waals surface area contributed by atoms with Gasteiger partial charge in [0.05, 0.1) is 19.8 Å². The minimum absolute atomic E-state index is 0.0350. The first kappa shape index (κ1) is 16.3. The fourth-order valence-electron chi connectivity index (χ4n) is 2.16. The molecule has 21 heavy (non-hydrogen) atoms. The van der Waals surface area contributed by atoms with Crippen LogP contribution in [0.5, 0.6) is 5.75 Å². The zero-order valence-corrected chi connectivity index (χ0v) is 13.7. The standard InChI is InChI=1S/C15H20BrNO4/c1-2-19-15(18)10-17-6-7-20-14(9-17)11-21-13-5-3-4-12(16)8-13/h3-5,8,14H,2,6-7,9-11H2,1H3/t14-/m0/s1. The number of nitrogens with zero attached hydrogens (tertiary/aromatic N) is 1. The van der Waals surface area contributed by atoms with Crippen molar-refractivity contribution in [3.05, 3.63) is 28.7 Å². The minimum Gasteiger partial charge on any atom is -0.491 e. The van der Waals surface area contributed by atoms with E-state index in [1.165, 1.54) is 0 Å². The molecule has 0 spiro atoms. The van der Waals surface area contributed by atoms with Gasteiger partial charge in [0, 0.05) is 17.6 Å². The lowest BCUT2D eigenvalue weighted by Gasteiger charge is -2.32. The summed E-state index contributed by atoms with van der Waals surface area (Å²) >= 11 is 3.41. The van der Waals surface area contributed by atoms with Gasteiger partial charge in [-0.2, -0.15) is 0 Å². The van der Waals surface area contributed by atoms with Crippen molar-refractivity contribution in [1.82, 2.24) is 4.90 Å². The van der Waals surface area contributed by atoms with Crippen molar-refractivity contribution in [2.45, 2.75) is 13.0 Å². The molecule has 0 radical (unpaired) electrons. The first-order valence-corrected chi connectivity index (χ1v) is 7.84. The van der Waals surface area contributed by atoms with Gasteiger partial charge in [-0.1, -0.05) is 22.0 Å². The van der Waals surface area contributed by atoms with Crippen molar-refractivity contribution in [3.8, 4) is 5.75 Å². The van der Waals surface area contributed by atoms with Crippen molar-refractivity contribution >= 4 is 21.9 Å². The van der Waals surface area contributed by atoms with Crippen molar-refractivity contribution in [2.24, 2.45) is 0 Å². The molecule has 1 aliphatic rings. The Labute approximate surface area is 133 Å². The lowest BCUT2D eigenvalue weighted by Crippen LogP contribution is -2.47. The van der Waals surface area contributed by atoms with Crippen molar-refractivity contribution in [1.29, 1.82) is 0 Å². The molecule has 1 saturated heterocycles. The highest BCUT2D eigenvalue weighted by atomic mass is 79.9. The average Bonchev–Trinajstić information content (AvgIpc) is 2.46. The lowest BCUT2D eigenvalue weighted by molar-refractivity contribution is -0.146. The molecule has 5 nitrogen and oxygen atoms in total. The predicted octanol–water partition coefficient (Wildman–Crippen LogP) is 2.09. The van der Waals surface area contributed by atoms with Crippen LogP contribution in [-0.2, 0) is 14.3 Å². The van der Waals surface area contributed by atoms with E-state index in [0.29, 0.717) is 32.9 Å². The quantitative estimate of drug-likeness (QED) is 0.729. The van der Waals surface area contributed by atoms with Gasteiger partial charge >= 0.3 is 5.97 Å². The molecule has 1 aliphatic heterocycles. The molecule has 2 rings (SSSR count). The third-order valence-corrected chi connectivity index (χ3v) is 3.61. The highest BCUT2D eigenvalue weighted by Crippen LogP contribution is 2.18. The van der Waals surface area contributed by atoms with Crippen LogP contribution in [0.3, 0.4) is 0 Å². The number of hydrogen-bond donors (Lipinski definition) is 0. The summed E-state index contributed by atoms with van der Waals surface area (Å²) in [4.78, 5) is 13.5. The van der Waals surface area contributed by atoms with Gasteiger partial charge in [-0.25, -0.2) is 0 Å². The third kappa shape index (κ3) is 5.65. The second-order valence-electron chi connectivity index (χ2n) is 4.80. The van der Waals surface area contributed by atoms with Gasteiger partial charge in [0.1, 0.15) is 18.5 Å². The summed E-state index contributed by atoms with van der Waals surface area (Å²) in [5.74, 6) is 0.613. The maximum Gasteiger partial charge on any atom is 0.320 e. The molecule has 0 N–H and O–H groups in total. The van der Waals surface area contributed by atoms with Crippen LogP contribution < -0.4 is 4.74 Å². The third-order valence-electron chi connectivity index (χ3n) is 3.11. The fourth-order valence-corrected chi connectivity index (χ4v) is 2.54. The topological polar surface area (TPSA) is 48.0 Å². The molecule has 0 unspecified atom stereocenters. The number of benzene rings is 1. The van der Waals surface area contributed by atoms with Crippen molar-refractivity contribution < 1.29 is 19.0 Å². The van der Waals surface area contributed by atoms with Crippen LogP contribution in [0.1, 0.15) is 6.92 Å². The number of hydrogen-bond acceptors (Lipinski definition) is 5. The minimum atomic E-state index is -0.189. The summed E-state index contributed by atoms with van der Waals surface area (Å²) in [6.07, 6.45) is -0.0350. The Morgan fingerprint density at radius 1 is 1.52 bits per heavy atom. The van der Waals surface area contributed by atoms with Gasteiger partial charge < -0.3 is 14.2 Å². The van der Waals surface area contributed by atoms with E-state index in [0.717, 1.165) is 16.8 Å². The Balaban J connectivity index is 1.77. The molecule has 1 fully saturated rings. The number of carbonyl (C=O) groups excluding carboxylic acids is 1. The van der Waals surface area contributed by atoms with E-state index in [2.05, 4.69) is 15.9 Å². The number of carbonyl (C=O) groups is 1. The number of ether oxygens (including phenoxy) is 3. The molecular weight excluding hydrogens is 338 g/mol. The molecule has 1 heterocycles. The molecule has 0 saturated carbocycles. The molecule has 0 amide bonds. The fraction of sp³-hybridized carbons (Fsp3) is 0.533. The predicted molar refractivity (Wildman–Crippen MR) is 82.5 cm³/mol. The van der Waals surface area contributed by atoms with Crippen LogP contribution in [0.15, 0.2) is 28.7 Å². The molecule has 1 atom stereocenters. The van der Waals surface area contributed by atoms with Crippen LogP contribution in [0, 0.1) is 0 Å². The van der Waals surface area contributed by atoms with Crippen LogP contribution in [0.2, 0.25) is 0 Å². The van der Waals surface area contributed by atoms with E-state index in [9.17, 15) is 4.79 Å². The van der Waals surface area contributed by atoms with E-state index in [1.54, 1.807) is 0 Å². The Kier molecular flexibility index (Phi) is 6.48. The second kappa shape index (κ2) is 8.36. The van der Waals surface area contributed by atoms with Gasteiger partial charge in [-0.05, 0) is 25.1 Å². The summed E-state index contributed by atoms with van der Waals surface area (Å²) in [6.45, 7) is 5.02. The Morgan fingerprint density at radius 3 is 3.14 bits per heavy atom. The van der Waals surface area contributed by atoms with Crippen molar-refractivity contribution in [3.63, 3.8) is 0 Å². The largest absolute Gasteiger partial charge is 0.491 e. The maximum atomic E-state index is 11.5. The summed E-state index contributed by atoms with van der Waals surface area (Å²) < 4.78 is 17.3. The van der Waals surface area contributed by atoms with Gasteiger partial charge in [0.25, 0.3) is 0 Å². The molecule has 1 aromatic carbocycles. The molecule has 1 aromatic rings. The van der Waals surface area contributed by atoms with E-state index < -0.39 is 0 Å². The molecule has 0 bridgehead atoms. The SMILES string of the molecule is CCOC(=O)CN1CCO[C@H](COc2cccc(Br)c2)C1. The van der Waals surface area contributed by atoms with E-state index in [4.69, 9.17) is 14.2 Å². The Hall–Kier alpha value is -1.11. The maximum absolute atomic E-state index is 11.5. The average molecular weight is 358 g/mol. The monoisotopic (exact) mass is 357 g/mol. The first-order valence-electron chi connectivity index (χ1n) is 7.05. The summed E-state index contributed by atoms with van der Waals surface area (Å²) in [5.41, 5.74) is 0. The molecule has 0 aromatic heterocycles. The second-order valence-corrected chi connectivity index (χ2v) is 5.72. The Morgan fingerprint density at radius 2 is 2.38 bits per heavy atom. The normalized spacial score (nSPS) is 19.2. The molecule has 0 aliphatic carbocycles. The van der Waals surface area contributed by atoms with Gasteiger partial charge in [0.2, 0.25) is 0 Å². The highest BCUT2D eigenvalue weighted by molar-refractivity contribution is 9.10. The molecular formula is C15H20BrNO4. The number of esters is 1. The zero-order valence-electron chi connectivity index (χ0n) is 12.1. The van der Waals surface area contributed by atoms with E-state index in [-0.39, 0.29) is 12.1 Å². The smallest absolute Gasteiger partial charge is 0.320 e. The van der Waals surface area contributed by atoms with Gasteiger partial charge in [0.15, 0.2) is 0 Å². The lowest BCUT2D eigenvalue weighted by atomic mass is 10.3. The van der Waals surface area contributed by atoms with Crippen LogP contribution in [0.4, 0.5) is 0 Å². The summed E-state index contributed by atoms with van der Waals surface area (Å²) in [7, 11) is 0. The first-order chi connectivity index (χ1) is 10.2. The zero-order chi connectivity index (χ0) is 15.1. The van der Waals surface area contributed by atoms with Crippen LogP contribution in [0.25, 0.3) is 0 Å². The summed E-state index contributed by atoms with van der Waals surface area (Å²) in [5, 5.41) is 0. The highest BCUT2D eigenvalue weighted by Gasteiger charge is 2.23. The van der Waals surface area contributed by atoms with E-state index in [1.807, 2.05) is 36.1 Å². The number of halogens is 1. The van der Waals surface area contributed by atoms with E-state index >= 15 is 0 Å². The number of rotatable bonds is 6. The Bertz CT molecular complexity index is 469. The van der Waals surface area contributed by atoms with Gasteiger partial charge in [-0.3, -0.25) is 9.69 Å². The summed E-state index contributed by atoms with van der Waals surface area (Å²) in [6, 6.07) is 7.70. The number of morpholine rings is 1. The van der Waals surface area contributed by atoms with Crippen molar-refractivity contribution in [2.75, 3.05) is 39.5 Å². The molecule has 6 heteroatoms. The van der Waals surface area contributed by atoms with Crippen LogP contribution in [-0.4, -0.2) is 56.4 Å². The van der Waals surface area contributed by atoms with Crippen LogP contribution >= 0.6 is 15.9 Å². The van der Waals surface area contributed by atoms with Gasteiger partial charge in [-0.15, -0.1) is 0 Å². The molecule has 116 valence electrons.